The van der Waals surface area contributed by atoms with Crippen LogP contribution in [-0.4, -0.2) is 34.7 Å². The second-order valence-corrected chi connectivity index (χ2v) is 4.80. The molecule has 0 aliphatic heterocycles. The van der Waals surface area contributed by atoms with Gasteiger partial charge in [0, 0.05) is 13.1 Å². The number of carbonyl (C=O) groups is 1. The summed E-state index contributed by atoms with van der Waals surface area (Å²) in [5, 5.41) is 7.79. The quantitative estimate of drug-likeness (QED) is 0.852. The zero-order valence-corrected chi connectivity index (χ0v) is 12.7. The van der Waals surface area contributed by atoms with Gasteiger partial charge >= 0.3 is 0 Å². The van der Waals surface area contributed by atoms with Gasteiger partial charge in [0.15, 0.2) is 10.8 Å². The summed E-state index contributed by atoms with van der Waals surface area (Å²) in [7, 11) is 1.62. The molecule has 0 spiro atoms. The average Bonchev–Trinajstić information content (AvgIpc) is 2.53. The number of ether oxygens (including phenoxy) is 1. The van der Waals surface area contributed by atoms with E-state index in [2.05, 4.69) is 10.2 Å². The molecule has 1 aromatic carbocycles. The van der Waals surface area contributed by atoms with Crippen molar-refractivity contribution in [1.82, 2.24) is 15.1 Å². The Morgan fingerprint density at radius 3 is 2.43 bits per heavy atom. The van der Waals surface area contributed by atoms with Crippen LogP contribution in [0.15, 0.2) is 36.4 Å². The number of rotatable bonds is 5. The van der Waals surface area contributed by atoms with Crippen molar-refractivity contribution < 1.29 is 9.53 Å². The van der Waals surface area contributed by atoms with Crippen LogP contribution < -0.4 is 4.74 Å². The maximum atomic E-state index is 12.4. The minimum atomic E-state index is -0.169. The third-order valence-electron chi connectivity index (χ3n) is 3.05. The summed E-state index contributed by atoms with van der Waals surface area (Å²) in [5.41, 5.74) is 1.31. The topological polar surface area (TPSA) is 55.3 Å². The Hall–Kier alpha value is -2.14. The van der Waals surface area contributed by atoms with E-state index in [-0.39, 0.29) is 16.8 Å². The lowest BCUT2D eigenvalue weighted by molar-refractivity contribution is 0.0745. The van der Waals surface area contributed by atoms with Gasteiger partial charge in [0.1, 0.15) is 5.75 Å². The van der Waals surface area contributed by atoms with Gasteiger partial charge in [-0.05, 0) is 36.8 Å². The highest BCUT2D eigenvalue weighted by molar-refractivity contribution is 6.29. The molecule has 0 aliphatic carbocycles. The van der Waals surface area contributed by atoms with Crippen molar-refractivity contribution in [1.29, 1.82) is 0 Å². The second kappa shape index (κ2) is 7.04. The Bertz CT molecular complexity index is 599. The number of hydrogen-bond acceptors (Lipinski definition) is 4. The van der Waals surface area contributed by atoms with Gasteiger partial charge in [-0.2, -0.15) is 0 Å². The van der Waals surface area contributed by atoms with E-state index in [1.165, 1.54) is 0 Å². The first-order valence-corrected chi connectivity index (χ1v) is 6.93. The van der Waals surface area contributed by atoms with Crippen molar-refractivity contribution in [3.05, 3.63) is 52.8 Å². The van der Waals surface area contributed by atoms with Crippen LogP contribution in [-0.2, 0) is 6.54 Å². The van der Waals surface area contributed by atoms with Crippen molar-refractivity contribution in [2.24, 2.45) is 0 Å². The van der Waals surface area contributed by atoms with Gasteiger partial charge in [-0.1, -0.05) is 23.7 Å². The van der Waals surface area contributed by atoms with Gasteiger partial charge in [-0.15, -0.1) is 10.2 Å². The minimum absolute atomic E-state index is 0.169. The van der Waals surface area contributed by atoms with Crippen LogP contribution in [0.1, 0.15) is 23.0 Å². The largest absolute Gasteiger partial charge is 0.497 e. The SMILES string of the molecule is CCN(Cc1ccc(OC)cc1)C(=O)c1ccc(Cl)nn1. The third kappa shape index (κ3) is 3.92. The maximum absolute atomic E-state index is 12.4. The third-order valence-corrected chi connectivity index (χ3v) is 3.25. The molecule has 0 saturated carbocycles. The summed E-state index contributed by atoms with van der Waals surface area (Å²) < 4.78 is 5.12. The molecule has 0 unspecified atom stereocenters. The number of hydrogen-bond donors (Lipinski definition) is 0. The molecule has 0 atom stereocenters. The molecule has 21 heavy (non-hydrogen) atoms. The highest BCUT2D eigenvalue weighted by Crippen LogP contribution is 2.14. The van der Waals surface area contributed by atoms with Gasteiger partial charge in [-0.25, -0.2) is 0 Å². The molecule has 0 bridgehead atoms. The molecule has 0 fully saturated rings. The van der Waals surface area contributed by atoms with Gasteiger partial charge in [0.25, 0.3) is 5.91 Å². The lowest BCUT2D eigenvalue weighted by Gasteiger charge is -2.20. The van der Waals surface area contributed by atoms with E-state index >= 15 is 0 Å². The van der Waals surface area contributed by atoms with Crippen LogP contribution in [0.3, 0.4) is 0 Å². The van der Waals surface area contributed by atoms with E-state index in [9.17, 15) is 4.79 Å². The van der Waals surface area contributed by atoms with E-state index in [1.54, 1.807) is 24.1 Å². The average molecular weight is 306 g/mol. The van der Waals surface area contributed by atoms with Crippen molar-refractivity contribution in [2.75, 3.05) is 13.7 Å². The first-order chi connectivity index (χ1) is 10.1. The highest BCUT2D eigenvalue weighted by Gasteiger charge is 2.16. The van der Waals surface area contributed by atoms with Crippen molar-refractivity contribution in [3.8, 4) is 5.75 Å². The molecule has 6 heteroatoms. The standard InChI is InChI=1S/C15H16ClN3O2/c1-3-19(10-11-4-6-12(21-2)7-5-11)15(20)13-8-9-14(16)18-17-13/h4-9H,3,10H2,1-2H3. The van der Waals surface area contributed by atoms with Crippen LogP contribution in [0.4, 0.5) is 0 Å². The lowest BCUT2D eigenvalue weighted by Crippen LogP contribution is -2.31. The molecule has 0 radical (unpaired) electrons. The second-order valence-electron chi connectivity index (χ2n) is 4.41. The molecular weight excluding hydrogens is 290 g/mol. The molecule has 1 amide bonds. The normalized spacial score (nSPS) is 10.2. The van der Waals surface area contributed by atoms with Crippen molar-refractivity contribution in [3.63, 3.8) is 0 Å². The summed E-state index contributed by atoms with van der Waals surface area (Å²) in [6.07, 6.45) is 0. The van der Waals surface area contributed by atoms with Crippen LogP contribution in [0, 0.1) is 0 Å². The van der Waals surface area contributed by atoms with Crippen LogP contribution >= 0.6 is 11.6 Å². The first kappa shape index (κ1) is 15.3. The van der Waals surface area contributed by atoms with E-state index in [0.29, 0.717) is 13.1 Å². The minimum Gasteiger partial charge on any atom is -0.497 e. The monoisotopic (exact) mass is 305 g/mol. The van der Waals surface area contributed by atoms with Crippen molar-refractivity contribution in [2.45, 2.75) is 13.5 Å². The number of benzene rings is 1. The first-order valence-electron chi connectivity index (χ1n) is 6.55. The zero-order chi connectivity index (χ0) is 15.2. The number of halogens is 1. The smallest absolute Gasteiger partial charge is 0.274 e. The van der Waals surface area contributed by atoms with Gasteiger partial charge in [0.2, 0.25) is 0 Å². The van der Waals surface area contributed by atoms with Crippen LogP contribution in [0.5, 0.6) is 5.75 Å². The number of nitrogens with zero attached hydrogens (tertiary/aromatic N) is 3. The molecule has 2 aromatic rings. The Kier molecular flexibility index (Phi) is 5.11. The molecule has 0 N–H and O–H groups in total. The summed E-state index contributed by atoms with van der Waals surface area (Å²) in [5.74, 6) is 0.620. The molecule has 110 valence electrons. The predicted molar refractivity (Wildman–Crippen MR) is 80.5 cm³/mol. The Morgan fingerprint density at radius 1 is 1.19 bits per heavy atom. The van der Waals surface area contributed by atoms with Gasteiger partial charge in [0.05, 0.1) is 7.11 Å². The fourth-order valence-electron chi connectivity index (χ4n) is 1.87. The fraction of sp³-hybridized carbons (Fsp3) is 0.267. The van der Waals surface area contributed by atoms with E-state index in [0.717, 1.165) is 11.3 Å². The molecule has 1 aromatic heterocycles. The van der Waals surface area contributed by atoms with Gasteiger partial charge in [-0.3, -0.25) is 4.79 Å². The summed E-state index contributed by atoms with van der Waals surface area (Å²) in [4.78, 5) is 14.1. The molecule has 0 saturated heterocycles. The Balaban J connectivity index is 2.11. The molecule has 0 aliphatic rings. The predicted octanol–water partition coefficient (Wildman–Crippen LogP) is 2.80. The van der Waals surface area contributed by atoms with Crippen LogP contribution in [0.2, 0.25) is 5.15 Å². The molecule has 2 rings (SSSR count). The summed E-state index contributed by atoms with van der Waals surface area (Å²) >= 11 is 5.68. The van der Waals surface area contributed by atoms with E-state index in [4.69, 9.17) is 16.3 Å². The molecule has 5 nitrogen and oxygen atoms in total. The number of aromatic nitrogens is 2. The van der Waals surface area contributed by atoms with Crippen molar-refractivity contribution >= 4 is 17.5 Å². The Labute approximate surface area is 128 Å². The number of methoxy groups -OCH3 is 1. The maximum Gasteiger partial charge on any atom is 0.274 e. The summed E-state index contributed by atoms with van der Waals surface area (Å²) in [6, 6.07) is 10.7. The lowest BCUT2D eigenvalue weighted by atomic mass is 10.2. The molecule has 1 heterocycles. The highest BCUT2D eigenvalue weighted by atomic mass is 35.5. The van der Waals surface area contributed by atoms with Gasteiger partial charge < -0.3 is 9.64 Å². The molecular formula is C15H16ClN3O2. The fourth-order valence-corrected chi connectivity index (χ4v) is 1.97. The Morgan fingerprint density at radius 2 is 1.90 bits per heavy atom. The van der Waals surface area contributed by atoms with E-state index < -0.39 is 0 Å². The van der Waals surface area contributed by atoms with Crippen LogP contribution in [0.25, 0.3) is 0 Å². The van der Waals surface area contributed by atoms with E-state index in [1.807, 2.05) is 31.2 Å². The summed E-state index contributed by atoms with van der Waals surface area (Å²) in [6.45, 7) is 3.00. The zero-order valence-electron chi connectivity index (χ0n) is 11.9. The number of amides is 1. The number of carbonyl (C=O) groups excluding carboxylic acids is 1.